The summed E-state index contributed by atoms with van der Waals surface area (Å²) in [5, 5.41) is 0.987. The first-order valence-corrected chi connectivity index (χ1v) is 11.0. The van der Waals surface area contributed by atoms with Gasteiger partial charge in [0.05, 0.1) is 29.4 Å². The molecule has 0 amide bonds. The van der Waals surface area contributed by atoms with Crippen LogP contribution in [0.15, 0.2) is 109 Å². The van der Waals surface area contributed by atoms with Crippen LogP contribution in [0.3, 0.4) is 0 Å². The van der Waals surface area contributed by atoms with Crippen molar-refractivity contribution in [3.8, 4) is 40.7 Å². The van der Waals surface area contributed by atoms with Crippen molar-refractivity contribution in [3.05, 3.63) is 131 Å². The maximum Gasteiger partial charge on any atom is 0.118 e. The number of hydrogen-bond donors (Lipinski definition) is 0. The van der Waals surface area contributed by atoms with E-state index in [-0.39, 0.29) is 0 Å². The summed E-state index contributed by atoms with van der Waals surface area (Å²) in [7, 11) is 1.66. The van der Waals surface area contributed by atoms with Crippen molar-refractivity contribution < 1.29 is 4.74 Å². The lowest BCUT2D eigenvalue weighted by Crippen LogP contribution is -1.97. The molecule has 1 heterocycles. The third kappa shape index (κ3) is 4.53. The Labute approximate surface area is 199 Å². The lowest BCUT2D eigenvalue weighted by Gasteiger charge is -2.11. The van der Waals surface area contributed by atoms with Crippen LogP contribution in [-0.4, -0.2) is 12.1 Å². The summed E-state index contributed by atoms with van der Waals surface area (Å²) < 4.78 is 5.35. The van der Waals surface area contributed by atoms with E-state index in [9.17, 15) is 0 Å². The van der Waals surface area contributed by atoms with E-state index in [4.69, 9.17) is 9.72 Å². The molecule has 2 nitrogen and oxygen atoms in total. The van der Waals surface area contributed by atoms with Gasteiger partial charge in [0.25, 0.3) is 0 Å². The minimum atomic E-state index is 0.797. The standard InChI is InChI=1S/C32H21NO/c1-34-27-20-18-26(19-21-27)32-30(23-17-25-12-6-3-7-13-25)28(22-16-24-10-4-2-5-11-24)29-14-8-9-15-31(29)33-32/h2-15,18-21H,1H3. The topological polar surface area (TPSA) is 22.1 Å². The van der Waals surface area contributed by atoms with Crippen LogP contribution in [0.5, 0.6) is 5.75 Å². The molecule has 5 rings (SSSR count). The minimum Gasteiger partial charge on any atom is -0.497 e. The second-order valence-corrected chi connectivity index (χ2v) is 7.69. The van der Waals surface area contributed by atoms with Crippen LogP contribution in [0.2, 0.25) is 0 Å². The Hall–Kier alpha value is -4.79. The number of aromatic nitrogens is 1. The maximum atomic E-state index is 5.35. The molecule has 0 atom stereocenters. The molecule has 5 aromatic rings. The van der Waals surface area contributed by atoms with Gasteiger partial charge in [-0.2, -0.15) is 0 Å². The Morgan fingerprint density at radius 2 is 1.12 bits per heavy atom. The molecule has 0 saturated carbocycles. The minimum absolute atomic E-state index is 0.797. The lowest BCUT2D eigenvalue weighted by molar-refractivity contribution is 0.415. The summed E-state index contributed by atoms with van der Waals surface area (Å²) in [6.07, 6.45) is 0. The molecule has 0 radical (unpaired) electrons. The van der Waals surface area contributed by atoms with E-state index in [1.54, 1.807) is 7.11 Å². The van der Waals surface area contributed by atoms with Gasteiger partial charge in [0, 0.05) is 22.1 Å². The highest BCUT2D eigenvalue weighted by molar-refractivity contribution is 5.92. The second-order valence-electron chi connectivity index (χ2n) is 7.69. The number of ether oxygens (including phenoxy) is 1. The third-order valence-electron chi connectivity index (χ3n) is 5.47. The van der Waals surface area contributed by atoms with Crippen molar-refractivity contribution >= 4 is 10.9 Å². The van der Waals surface area contributed by atoms with Gasteiger partial charge in [-0.05, 0) is 54.6 Å². The van der Waals surface area contributed by atoms with Crippen molar-refractivity contribution in [1.82, 2.24) is 4.98 Å². The molecule has 1 aromatic heterocycles. The summed E-state index contributed by atoms with van der Waals surface area (Å²) in [6.45, 7) is 0. The monoisotopic (exact) mass is 435 g/mol. The molecule has 2 heteroatoms. The zero-order chi connectivity index (χ0) is 23.2. The average Bonchev–Trinajstić information content (AvgIpc) is 2.91. The normalized spacial score (nSPS) is 10.0. The van der Waals surface area contributed by atoms with Crippen molar-refractivity contribution in [1.29, 1.82) is 0 Å². The van der Waals surface area contributed by atoms with E-state index < -0.39 is 0 Å². The molecule has 0 aliphatic carbocycles. The SMILES string of the molecule is COc1ccc(-c2nc3ccccc3c(C#Cc3ccccc3)c2C#Cc2ccccc2)cc1. The zero-order valence-corrected chi connectivity index (χ0v) is 18.7. The zero-order valence-electron chi connectivity index (χ0n) is 18.7. The molecule has 34 heavy (non-hydrogen) atoms. The largest absolute Gasteiger partial charge is 0.497 e. The van der Waals surface area contributed by atoms with Gasteiger partial charge in [0.2, 0.25) is 0 Å². The number of pyridine rings is 1. The van der Waals surface area contributed by atoms with Crippen molar-refractivity contribution in [2.45, 2.75) is 0 Å². The molecule has 4 aromatic carbocycles. The van der Waals surface area contributed by atoms with Crippen LogP contribution >= 0.6 is 0 Å². The second kappa shape index (κ2) is 9.78. The van der Waals surface area contributed by atoms with E-state index in [2.05, 4.69) is 29.7 Å². The number of hydrogen-bond acceptors (Lipinski definition) is 2. The molecule has 0 bridgehead atoms. The fraction of sp³-hybridized carbons (Fsp3) is 0.0312. The van der Waals surface area contributed by atoms with Crippen LogP contribution in [-0.2, 0) is 0 Å². The van der Waals surface area contributed by atoms with E-state index in [0.717, 1.165) is 50.2 Å². The smallest absolute Gasteiger partial charge is 0.118 e. The highest BCUT2D eigenvalue weighted by atomic mass is 16.5. The quantitative estimate of drug-likeness (QED) is 0.288. The van der Waals surface area contributed by atoms with Gasteiger partial charge in [-0.15, -0.1) is 0 Å². The third-order valence-corrected chi connectivity index (χ3v) is 5.47. The molecule has 0 spiro atoms. The summed E-state index contributed by atoms with van der Waals surface area (Å²) in [5.74, 6) is 14.3. The average molecular weight is 436 g/mol. The highest BCUT2D eigenvalue weighted by Crippen LogP contribution is 2.30. The predicted octanol–water partition coefficient (Wildman–Crippen LogP) is 6.71. The maximum absolute atomic E-state index is 5.35. The lowest BCUT2D eigenvalue weighted by atomic mass is 9.96. The van der Waals surface area contributed by atoms with Gasteiger partial charge in [0.15, 0.2) is 0 Å². The molecule has 0 N–H and O–H groups in total. The van der Waals surface area contributed by atoms with Gasteiger partial charge >= 0.3 is 0 Å². The molecule has 0 aliphatic heterocycles. The number of fused-ring (bicyclic) bond motifs is 1. The van der Waals surface area contributed by atoms with Crippen LogP contribution in [0, 0.1) is 23.7 Å². The fourth-order valence-electron chi connectivity index (χ4n) is 3.73. The summed E-state index contributed by atoms with van der Waals surface area (Å²) in [6, 6.07) is 36.0. The Morgan fingerprint density at radius 1 is 0.559 bits per heavy atom. The van der Waals surface area contributed by atoms with Gasteiger partial charge in [-0.25, -0.2) is 4.98 Å². The van der Waals surface area contributed by atoms with Gasteiger partial charge in [-0.1, -0.05) is 78.3 Å². The predicted molar refractivity (Wildman–Crippen MR) is 139 cm³/mol. The summed E-state index contributed by atoms with van der Waals surface area (Å²) in [5.41, 5.74) is 6.25. The van der Waals surface area contributed by atoms with Crippen molar-refractivity contribution in [2.24, 2.45) is 0 Å². The molecular formula is C32H21NO. The van der Waals surface area contributed by atoms with Crippen LogP contribution in [0.25, 0.3) is 22.2 Å². The van der Waals surface area contributed by atoms with Crippen LogP contribution in [0.1, 0.15) is 22.3 Å². The molecule has 160 valence electrons. The van der Waals surface area contributed by atoms with Crippen LogP contribution < -0.4 is 4.74 Å². The van der Waals surface area contributed by atoms with Gasteiger partial charge in [-0.3, -0.25) is 0 Å². The van der Waals surface area contributed by atoms with E-state index in [0.29, 0.717) is 0 Å². The number of rotatable bonds is 2. The van der Waals surface area contributed by atoms with Gasteiger partial charge in [0.1, 0.15) is 5.75 Å². The first kappa shape index (κ1) is 21.1. The Bertz CT molecular complexity index is 1560. The molecule has 0 aliphatic rings. The molecule has 0 unspecified atom stereocenters. The Kier molecular flexibility index (Phi) is 6.06. The fourth-order valence-corrected chi connectivity index (χ4v) is 3.73. The number of methoxy groups -OCH3 is 1. The van der Waals surface area contributed by atoms with E-state index in [1.807, 2.05) is 103 Å². The number of para-hydroxylation sites is 1. The van der Waals surface area contributed by atoms with E-state index >= 15 is 0 Å². The number of nitrogens with zero attached hydrogens (tertiary/aromatic N) is 1. The molecular weight excluding hydrogens is 414 g/mol. The van der Waals surface area contributed by atoms with Gasteiger partial charge < -0.3 is 4.74 Å². The first-order valence-electron chi connectivity index (χ1n) is 11.0. The number of benzene rings is 4. The van der Waals surface area contributed by atoms with E-state index in [1.165, 1.54) is 0 Å². The summed E-state index contributed by atoms with van der Waals surface area (Å²) >= 11 is 0. The first-order chi connectivity index (χ1) is 16.8. The van der Waals surface area contributed by atoms with Crippen molar-refractivity contribution in [2.75, 3.05) is 7.11 Å². The Balaban J connectivity index is 1.79. The Morgan fingerprint density at radius 3 is 1.74 bits per heavy atom. The molecule has 0 fully saturated rings. The highest BCUT2D eigenvalue weighted by Gasteiger charge is 2.14. The van der Waals surface area contributed by atoms with Crippen molar-refractivity contribution in [3.63, 3.8) is 0 Å². The molecule has 0 saturated heterocycles. The summed E-state index contributed by atoms with van der Waals surface area (Å²) in [4.78, 5) is 5.02. The van der Waals surface area contributed by atoms with Crippen LogP contribution in [0.4, 0.5) is 0 Å².